The number of hydrogen-bond donors (Lipinski definition) is 1. The van der Waals surface area contributed by atoms with Crippen LogP contribution in [0.25, 0.3) is 16.9 Å². The Kier molecular flexibility index (Phi) is 5.58. The molecular formula is C26H17ClN4O3. The Morgan fingerprint density at radius 1 is 1.06 bits per heavy atom. The molecule has 5 rings (SSSR count). The number of aromatic nitrogens is 2. The summed E-state index contributed by atoms with van der Waals surface area (Å²) in [5, 5.41) is 17.4. The summed E-state index contributed by atoms with van der Waals surface area (Å²) in [5.74, 6) is -2.35. The Hall–Kier alpha value is -4.41. The van der Waals surface area contributed by atoms with E-state index in [-0.39, 0.29) is 12.3 Å². The minimum atomic E-state index is -1.58. The fourth-order valence-corrected chi connectivity index (χ4v) is 4.09. The summed E-state index contributed by atoms with van der Waals surface area (Å²) in [7, 11) is 0. The molecule has 7 nitrogen and oxygen atoms in total. The van der Waals surface area contributed by atoms with Gasteiger partial charge in [-0.2, -0.15) is 10.4 Å². The van der Waals surface area contributed by atoms with Crippen LogP contribution in [0.5, 0.6) is 5.75 Å². The Bertz CT molecular complexity index is 1460. The molecule has 0 radical (unpaired) electrons. The minimum absolute atomic E-state index is 0.0132. The SMILES string of the molecule is N#CC(C(=O)Nc1ccccc1)C(=O)c1nn(-c2cccc(Cl)c2)c2c1COc1ccccc1-2. The van der Waals surface area contributed by atoms with E-state index in [1.165, 1.54) is 0 Å². The van der Waals surface area contributed by atoms with E-state index in [0.29, 0.717) is 33.4 Å². The third-order valence-electron chi connectivity index (χ3n) is 5.48. The molecule has 0 bridgehead atoms. The Morgan fingerprint density at radius 3 is 2.59 bits per heavy atom. The van der Waals surface area contributed by atoms with E-state index in [0.717, 1.165) is 5.56 Å². The maximum Gasteiger partial charge on any atom is 0.249 e. The van der Waals surface area contributed by atoms with Crippen molar-refractivity contribution in [3.8, 4) is 28.8 Å². The van der Waals surface area contributed by atoms with Gasteiger partial charge < -0.3 is 10.1 Å². The molecule has 1 amide bonds. The third-order valence-corrected chi connectivity index (χ3v) is 5.71. The topological polar surface area (TPSA) is 97.0 Å². The van der Waals surface area contributed by atoms with Crippen molar-refractivity contribution in [1.29, 1.82) is 5.26 Å². The number of anilines is 1. The number of amides is 1. The zero-order valence-corrected chi connectivity index (χ0v) is 18.5. The third kappa shape index (κ3) is 3.81. The largest absolute Gasteiger partial charge is 0.488 e. The monoisotopic (exact) mass is 468 g/mol. The molecule has 0 saturated heterocycles. The summed E-state index contributed by atoms with van der Waals surface area (Å²) < 4.78 is 7.48. The van der Waals surface area contributed by atoms with Gasteiger partial charge in [-0.25, -0.2) is 4.68 Å². The van der Waals surface area contributed by atoms with Crippen molar-refractivity contribution in [3.63, 3.8) is 0 Å². The first kappa shape index (κ1) is 21.4. The van der Waals surface area contributed by atoms with Gasteiger partial charge in [0.15, 0.2) is 5.92 Å². The summed E-state index contributed by atoms with van der Waals surface area (Å²) in [6, 6.07) is 25.0. The molecule has 1 aliphatic rings. The molecule has 166 valence electrons. The zero-order chi connectivity index (χ0) is 23.7. The first-order valence-corrected chi connectivity index (χ1v) is 10.8. The molecule has 0 saturated carbocycles. The van der Waals surface area contributed by atoms with Crippen LogP contribution in [-0.2, 0) is 11.4 Å². The fraction of sp³-hybridized carbons (Fsp3) is 0.0769. The van der Waals surface area contributed by atoms with E-state index in [2.05, 4.69) is 10.4 Å². The van der Waals surface area contributed by atoms with Crippen molar-refractivity contribution in [2.75, 3.05) is 5.32 Å². The number of rotatable bonds is 5. The van der Waals surface area contributed by atoms with Gasteiger partial charge >= 0.3 is 0 Å². The Labute approximate surface area is 200 Å². The van der Waals surface area contributed by atoms with Gasteiger partial charge in [0.05, 0.1) is 17.5 Å². The lowest BCUT2D eigenvalue weighted by molar-refractivity contribution is -0.117. The van der Waals surface area contributed by atoms with E-state index in [9.17, 15) is 14.9 Å². The molecular weight excluding hydrogens is 452 g/mol. The van der Waals surface area contributed by atoms with Crippen molar-refractivity contribution in [1.82, 2.24) is 9.78 Å². The molecule has 1 N–H and O–H groups in total. The maximum atomic E-state index is 13.5. The van der Waals surface area contributed by atoms with Gasteiger partial charge in [-0.15, -0.1) is 0 Å². The van der Waals surface area contributed by atoms with Gasteiger partial charge in [0, 0.05) is 21.8 Å². The minimum Gasteiger partial charge on any atom is -0.488 e. The molecule has 1 atom stereocenters. The molecule has 8 heteroatoms. The van der Waals surface area contributed by atoms with Crippen LogP contribution in [-0.4, -0.2) is 21.5 Å². The molecule has 1 aliphatic heterocycles. The summed E-state index contributed by atoms with van der Waals surface area (Å²) in [4.78, 5) is 26.3. The molecule has 4 aromatic rings. The number of ketones is 1. The van der Waals surface area contributed by atoms with Gasteiger partial charge in [0.2, 0.25) is 11.7 Å². The normalized spacial score (nSPS) is 12.5. The molecule has 2 heterocycles. The van der Waals surface area contributed by atoms with E-state index in [1.54, 1.807) is 53.2 Å². The van der Waals surface area contributed by atoms with Crippen molar-refractivity contribution in [2.24, 2.45) is 5.92 Å². The van der Waals surface area contributed by atoms with Crippen LogP contribution in [0, 0.1) is 17.2 Å². The number of halogens is 1. The summed E-state index contributed by atoms with van der Waals surface area (Å²) >= 11 is 6.21. The van der Waals surface area contributed by atoms with Gasteiger partial charge in [0.1, 0.15) is 18.1 Å². The number of benzene rings is 3. The maximum absolute atomic E-state index is 13.5. The van der Waals surface area contributed by atoms with Crippen LogP contribution in [0.1, 0.15) is 16.1 Å². The number of fused-ring (bicyclic) bond motifs is 3. The Morgan fingerprint density at radius 2 is 1.82 bits per heavy atom. The highest BCUT2D eigenvalue weighted by atomic mass is 35.5. The highest BCUT2D eigenvalue weighted by molar-refractivity contribution is 6.30. The number of carbonyl (C=O) groups excluding carboxylic acids is 2. The molecule has 1 aromatic heterocycles. The van der Waals surface area contributed by atoms with Gasteiger partial charge in [-0.1, -0.05) is 48.0 Å². The predicted octanol–water partition coefficient (Wildman–Crippen LogP) is 5.05. The van der Waals surface area contributed by atoms with Crippen LogP contribution in [0.4, 0.5) is 5.69 Å². The number of nitrogens with one attached hydrogen (secondary N) is 1. The first-order chi connectivity index (χ1) is 16.6. The number of para-hydroxylation sites is 2. The number of Topliss-reactive ketones (excluding diaryl/α,β-unsaturated/α-hetero) is 1. The molecule has 0 fully saturated rings. The average molecular weight is 469 g/mol. The second-order valence-electron chi connectivity index (χ2n) is 7.63. The molecule has 34 heavy (non-hydrogen) atoms. The van der Waals surface area contributed by atoms with Crippen molar-refractivity contribution in [3.05, 3.63) is 95.1 Å². The van der Waals surface area contributed by atoms with Crippen molar-refractivity contribution >= 4 is 29.0 Å². The van der Waals surface area contributed by atoms with Crippen LogP contribution in [0.2, 0.25) is 5.02 Å². The smallest absolute Gasteiger partial charge is 0.249 e. The quantitative estimate of drug-likeness (QED) is 0.326. The van der Waals surface area contributed by atoms with E-state index in [4.69, 9.17) is 16.3 Å². The van der Waals surface area contributed by atoms with Gasteiger partial charge in [-0.05, 0) is 42.5 Å². The van der Waals surface area contributed by atoms with Gasteiger partial charge in [0.25, 0.3) is 0 Å². The number of nitrogens with zero attached hydrogens (tertiary/aromatic N) is 3. The van der Waals surface area contributed by atoms with E-state index < -0.39 is 17.6 Å². The molecule has 0 aliphatic carbocycles. The highest BCUT2D eigenvalue weighted by Gasteiger charge is 2.36. The lowest BCUT2D eigenvalue weighted by Gasteiger charge is -2.19. The summed E-state index contributed by atoms with van der Waals surface area (Å²) in [6.45, 7) is 0.0758. The lowest BCUT2D eigenvalue weighted by atomic mass is 9.96. The van der Waals surface area contributed by atoms with Crippen molar-refractivity contribution < 1.29 is 14.3 Å². The number of hydrogen-bond acceptors (Lipinski definition) is 5. The van der Waals surface area contributed by atoms with Crippen LogP contribution in [0.3, 0.4) is 0 Å². The number of ether oxygens (including phenoxy) is 1. The second-order valence-corrected chi connectivity index (χ2v) is 8.07. The first-order valence-electron chi connectivity index (χ1n) is 10.5. The lowest BCUT2D eigenvalue weighted by Crippen LogP contribution is -2.29. The molecule has 3 aromatic carbocycles. The Balaban J connectivity index is 1.60. The second kappa shape index (κ2) is 8.85. The van der Waals surface area contributed by atoms with Crippen LogP contribution >= 0.6 is 11.6 Å². The fourth-order valence-electron chi connectivity index (χ4n) is 3.90. The summed E-state index contributed by atoms with van der Waals surface area (Å²) in [5.41, 5.74) is 3.06. The summed E-state index contributed by atoms with van der Waals surface area (Å²) in [6.07, 6.45) is 0. The number of nitriles is 1. The van der Waals surface area contributed by atoms with E-state index >= 15 is 0 Å². The van der Waals surface area contributed by atoms with Crippen molar-refractivity contribution in [2.45, 2.75) is 6.61 Å². The highest BCUT2D eigenvalue weighted by Crippen LogP contribution is 2.40. The van der Waals surface area contributed by atoms with E-state index in [1.807, 2.05) is 36.4 Å². The number of carbonyl (C=O) groups is 2. The zero-order valence-electron chi connectivity index (χ0n) is 17.7. The molecule has 1 unspecified atom stereocenters. The standard InChI is InChI=1S/C26H17ClN4O3/c27-16-7-6-10-18(13-16)31-24-19-11-4-5-12-22(19)34-15-21(24)23(30-31)25(32)20(14-28)26(33)29-17-8-2-1-3-9-17/h1-13,20H,15H2,(H,29,33). The predicted molar refractivity (Wildman–Crippen MR) is 127 cm³/mol. The van der Waals surface area contributed by atoms with Gasteiger partial charge in [-0.3, -0.25) is 9.59 Å². The molecule has 0 spiro atoms. The van der Waals surface area contributed by atoms with Crippen LogP contribution in [0.15, 0.2) is 78.9 Å². The van der Waals surface area contributed by atoms with Crippen LogP contribution < -0.4 is 10.1 Å². The average Bonchev–Trinajstić information content (AvgIpc) is 3.25.